The van der Waals surface area contributed by atoms with Crippen LogP contribution in [-0.2, 0) is 4.79 Å². The predicted molar refractivity (Wildman–Crippen MR) is 72.6 cm³/mol. The van der Waals surface area contributed by atoms with Crippen molar-refractivity contribution in [1.29, 1.82) is 0 Å². The van der Waals surface area contributed by atoms with E-state index in [9.17, 15) is 14.7 Å². The molecule has 1 aromatic rings. The summed E-state index contributed by atoms with van der Waals surface area (Å²) in [5.41, 5.74) is -1.23. The summed E-state index contributed by atoms with van der Waals surface area (Å²) in [5, 5.41) is 21.1. The van der Waals surface area contributed by atoms with Crippen molar-refractivity contribution >= 4 is 11.9 Å². The second-order valence-corrected chi connectivity index (χ2v) is 5.08. The van der Waals surface area contributed by atoms with Crippen LogP contribution in [0, 0.1) is 0 Å². The SMILES string of the molecule is CC(O)(CNC(=O)c1cccc2c1OCCO2)CC(=O)O. The molecule has 114 valence electrons. The maximum absolute atomic E-state index is 12.1. The fourth-order valence-corrected chi connectivity index (χ4v) is 2.01. The molecule has 1 heterocycles. The van der Waals surface area contributed by atoms with Crippen LogP contribution in [0.5, 0.6) is 11.5 Å². The largest absolute Gasteiger partial charge is 0.486 e. The highest BCUT2D eigenvalue weighted by atomic mass is 16.6. The van der Waals surface area contributed by atoms with Crippen molar-refractivity contribution in [3.8, 4) is 11.5 Å². The zero-order valence-electron chi connectivity index (χ0n) is 11.6. The predicted octanol–water partition coefficient (Wildman–Crippen LogP) is 0.413. The number of carboxylic acids is 1. The fourth-order valence-electron chi connectivity index (χ4n) is 2.01. The van der Waals surface area contributed by atoms with Gasteiger partial charge in [-0.05, 0) is 19.1 Å². The van der Waals surface area contributed by atoms with E-state index in [0.29, 0.717) is 30.3 Å². The minimum atomic E-state index is -1.52. The van der Waals surface area contributed by atoms with Gasteiger partial charge in [0.1, 0.15) is 13.2 Å². The Hall–Kier alpha value is -2.28. The summed E-state index contributed by atoms with van der Waals surface area (Å²) in [6.07, 6.45) is -0.459. The topological polar surface area (TPSA) is 105 Å². The zero-order valence-corrected chi connectivity index (χ0v) is 11.6. The van der Waals surface area contributed by atoms with Crippen LogP contribution in [0.4, 0.5) is 0 Å². The lowest BCUT2D eigenvalue weighted by Crippen LogP contribution is -2.42. The van der Waals surface area contributed by atoms with Gasteiger partial charge in [-0.15, -0.1) is 0 Å². The standard InChI is InChI=1S/C14H17NO6/c1-14(19,7-11(16)17)8-15-13(18)9-3-2-4-10-12(9)21-6-5-20-10/h2-4,19H,5-8H2,1H3,(H,15,18)(H,16,17). The number of benzene rings is 1. The number of carbonyl (C=O) groups is 2. The maximum Gasteiger partial charge on any atom is 0.306 e. The Bertz CT molecular complexity index is 554. The van der Waals surface area contributed by atoms with Crippen molar-refractivity contribution in [2.75, 3.05) is 19.8 Å². The number of carbonyl (C=O) groups excluding carboxylic acids is 1. The maximum atomic E-state index is 12.1. The molecule has 1 aliphatic heterocycles. The van der Waals surface area contributed by atoms with Gasteiger partial charge in [-0.3, -0.25) is 9.59 Å². The second kappa shape index (κ2) is 6.01. The van der Waals surface area contributed by atoms with Gasteiger partial charge in [-0.1, -0.05) is 6.07 Å². The van der Waals surface area contributed by atoms with Crippen LogP contribution >= 0.6 is 0 Å². The van der Waals surface area contributed by atoms with Crippen LogP contribution in [0.3, 0.4) is 0 Å². The number of para-hydroxylation sites is 1. The number of nitrogens with one attached hydrogen (secondary N) is 1. The number of hydrogen-bond donors (Lipinski definition) is 3. The number of hydrogen-bond acceptors (Lipinski definition) is 5. The normalized spacial score (nSPS) is 15.9. The van der Waals surface area contributed by atoms with Gasteiger partial charge >= 0.3 is 5.97 Å². The zero-order chi connectivity index (χ0) is 15.5. The summed E-state index contributed by atoms with van der Waals surface area (Å²) in [4.78, 5) is 22.8. The third-order valence-electron chi connectivity index (χ3n) is 2.97. The lowest BCUT2D eigenvalue weighted by Gasteiger charge is -2.23. The molecule has 1 aromatic carbocycles. The Morgan fingerprint density at radius 2 is 2.05 bits per heavy atom. The van der Waals surface area contributed by atoms with Crippen LogP contribution < -0.4 is 14.8 Å². The Morgan fingerprint density at radius 3 is 2.76 bits per heavy atom. The van der Waals surface area contributed by atoms with Crippen molar-refractivity contribution in [1.82, 2.24) is 5.32 Å². The second-order valence-electron chi connectivity index (χ2n) is 5.08. The Labute approximate surface area is 121 Å². The molecule has 3 N–H and O–H groups in total. The first kappa shape index (κ1) is 15.1. The first-order valence-corrected chi connectivity index (χ1v) is 6.50. The molecule has 0 fully saturated rings. The van der Waals surface area contributed by atoms with Crippen LogP contribution in [-0.4, -0.2) is 47.4 Å². The molecule has 1 aliphatic rings. The van der Waals surface area contributed by atoms with E-state index in [-0.39, 0.29) is 6.54 Å². The third-order valence-corrected chi connectivity index (χ3v) is 2.97. The van der Waals surface area contributed by atoms with E-state index in [4.69, 9.17) is 14.6 Å². The summed E-state index contributed by atoms with van der Waals surface area (Å²) in [5.74, 6) is -0.739. The quantitative estimate of drug-likeness (QED) is 0.727. The van der Waals surface area contributed by atoms with Crippen LogP contribution in [0.25, 0.3) is 0 Å². The molecule has 0 bridgehead atoms. The Kier molecular flexibility index (Phi) is 4.32. The molecule has 0 saturated heterocycles. The van der Waals surface area contributed by atoms with Gasteiger partial charge in [0.25, 0.3) is 5.91 Å². The van der Waals surface area contributed by atoms with Gasteiger partial charge in [-0.25, -0.2) is 0 Å². The molecule has 2 rings (SSSR count). The van der Waals surface area contributed by atoms with Crippen LogP contribution in [0.2, 0.25) is 0 Å². The van der Waals surface area contributed by atoms with Crippen molar-refractivity contribution in [2.45, 2.75) is 18.9 Å². The van der Waals surface area contributed by atoms with E-state index in [1.807, 2.05) is 0 Å². The molecule has 0 saturated carbocycles. The minimum absolute atomic E-state index is 0.178. The molecule has 0 aliphatic carbocycles. The molecule has 1 amide bonds. The van der Waals surface area contributed by atoms with E-state index < -0.39 is 23.9 Å². The summed E-state index contributed by atoms with van der Waals surface area (Å²) >= 11 is 0. The smallest absolute Gasteiger partial charge is 0.306 e. The summed E-state index contributed by atoms with van der Waals surface area (Å²) in [6.45, 7) is 1.95. The van der Waals surface area contributed by atoms with Crippen LogP contribution in [0.15, 0.2) is 18.2 Å². The molecule has 0 spiro atoms. The molecule has 0 aromatic heterocycles. The van der Waals surface area contributed by atoms with Gasteiger partial charge in [0.2, 0.25) is 0 Å². The molecule has 21 heavy (non-hydrogen) atoms. The number of rotatable bonds is 5. The first-order valence-electron chi connectivity index (χ1n) is 6.50. The van der Waals surface area contributed by atoms with Crippen molar-refractivity contribution in [3.63, 3.8) is 0 Å². The summed E-state index contributed by atoms with van der Waals surface area (Å²) in [6, 6.07) is 4.94. The first-order chi connectivity index (χ1) is 9.89. The average molecular weight is 295 g/mol. The van der Waals surface area contributed by atoms with Crippen LogP contribution in [0.1, 0.15) is 23.7 Å². The fraction of sp³-hybridized carbons (Fsp3) is 0.429. The van der Waals surface area contributed by atoms with Gasteiger partial charge in [-0.2, -0.15) is 0 Å². The van der Waals surface area contributed by atoms with Crippen molar-refractivity contribution < 1.29 is 29.3 Å². The van der Waals surface area contributed by atoms with E-state index in [1.54, 1.807) is 18.2 Å². The lowest BCUT2D eigenvalue weighted by atomic mass is 10.0. The molecule has 7 nitrogen and oxygen atoms in total. The Morgan fingerprint density at radius 1 is 1.33 bits per heavy atom. The number of aliphatic carboxylic acids is 1. The molecule has 1 unspecified atom stereocenters. The molecular weight excluding hydrogens is 278 g/mol. The Balaban J connectivity index is 2.06. The average Bonchev–Trinajstić information content (AvgIpc) is 2.43. The number of amides is 1. The van der Waals surface area contributed by atoms with Gasteiger partial charge in [0, 0.05) is 6.54 Å². The van der Waals surface area contributed by atoms with E-state index in [2.05, 4.69) is 5.32 Å². The summed E-state index contributed by atoms with van der Waals surface area (Å²) in [7, 11) is 0. The molecule has 1 atom stereocenters. The highest BCUT2D eigenvalue weighted by molar-refractivity contribution is 5.97. The molecule has 0 radical (unpaired) electrons. The van der Waals surface area contributed by atoms with Gasteiger partial charge in [0.15, 0.2) is 11.5 Å². The van der Waals surface area contributed by atoms with Gasteiger partial charge in [0.05, 0.1) is 17.6 Å². The highest BCUT2D eigenvalue weighted by Gasteiger charge is 2.26. The number of carboxylic acid groups (broad SMARTS) is 1. The highest BCUT2D eigenvalue weighted by Crippen LogP contribution is 2.33. The van der Waals surface area contributed by atoms with E-state index >= 15 is 0 Å². The van der Waals surface area contributed by atoms with E-state index in [1.165, 1.54) is 6.92 Å². The van der Waals surface area contributed by atoms with Crippen molar-refractivity contribution in [3.05, 3.63) is 23.8 Å². The monoisotopic (exact) mass is 295 g/mol. The molecule has 7 heteroatoms. The number of ether oxygens (including phenoxy) is 2. The lowest BCUT2D eigenvalue weighted by molar-refractivity contribution is -0.141. The third kappa shape index (κ3) is 3.85. The summed E-state index contributed by atoms with van der Waals surface area (Å²) < 4.78 is 10.8. The van der Waals surface area contributed by atoms with Crippen molar-refractivity contribution in [2.24, 2.45) is 0 Å². The van der Waals surface area contributed by atoms with Gasteiger partial charge < -0.3 is 25.0 Å². The number of aliphatic hydroxyl groups is 1. The minimum Gasteiger partial charge on any atom is -0.486 e. The van der Waals surface area contributed by atoms with E-state index in [0.717, 1.165) is 0 Å². The number of fused-ring (bicyclic) bond motifs is 1. The molecular formula is C14H17NO6.